The fraction of sp³-hybridized carbons (Fsp3) is 0.423. The summed E-state index contributed by atoms with van der Waals surface area (Å²) < 4.78 is 18.7. The third-order valence-corrected chi connectivity index (χ3v) is 6.48. The lowest BCUT2D eigenvalue weighted by molar-refractivity contribution is -0.131. The molecule has 34 heavy (non-hydrogen) atoms. The van der Waals surface area contributed by atoms with Crippen LogP contribution in [0, 0.1) is 5.82 Å². The number of hydrogen-bond donors (Lipinski definition) is 0. The van der Waals surface area contributed by atoms with Crippen molar-refractivity contribution in [2.24, 2.45) is 0 Å². The van der Waals surface area contributed by atoms with Crippen molar-refractivity contribution < 1.29 is 23.5 Å². The molecular weight excluding hydrogens is 437 g/mol. The van der Waals surface area contributed by atoms with Crippen molar-refractivity contribution in [1.82, 2.24) is 14.7 Å². The highest BCUT2D eigenvalue weighted by Gasteiger charge is 2.31. The Morgan fingerprint density at radius 3 is 2.21 bits per heavy atom. The summed E-state index contributed by atoms with van der Waals surface area (Å²) in [7, 11) is 1.59. The Bertz CT molecular complexity index is 1030. The molecule has 3 amide bonds. The van der Waals surface area contributed by atoms with Crippen molar-refractivity contribution in [3.05, 3.63) is 59.9 Å². The molecule has 2 fully saturated rings. The molecule has 2 saturated heterocycles. The van der Waals surface area contributed by atoms with Gasteiger partial charge in [-0.1, -0.05) is 24.3 Å². The summed E-state index contributed by atoms with van der Waals surface area (Å²) in [6, 6.07) is 13.3. The monoisotopic (exact) mass is 467 g/mol. The minimum atomic E-state index is -0.298. The van der Waals surface area contributed by atoms with Gasteiger partial charge in [0.2, 0.25) is 11.8 Å². The smallest absolute Gasteiger partial charge is 0.254 e. The van der Waals surface area contributed by atoms with E-state index in [-0.39, 0.29) is 36.2 Å². The molecule has 0 spiro atoms. The van der Waals surface area contributed by atoms with Crippen molar-refractivity contribution in [2.75, 3.05) is 46.4 Å². The predicted molar refractivity (Wildman–Crippen MR) is 126 cm³/mol. The Labute approximate surface area is 199 Å². The minimum Gasteiger partial charge on any atom is -0.378 e. The third kappa shape index (κ3) is 5.62. The molecule has 7 nitrogen and oxygen atoms in total. The summed E-state index contributed by atoms with van der Waals surface area (Å²) in [5.74, 6) is -0.471. The summed E-state index contributed by atoms with van der Waals surface area (Å²) in [4.78, 5) is 43.1. The van der Waals surface area contributed by atoms with E-state index < -0.39 is 0 Å². The number of likely N-dealkylation sites (tertiary alicyclic amines) is 1. The predicted octanol–water partition coefficient (Wildman–Crippen LogP) is 2.80. The van der Waals surface area contributed by atoms with Crippen LogP contribution < -0.4 is 0 Å². The third-order valence-electron chi connectivity index (χ3n) is 6.48. The molecule has 2 aliphatic rings. The Balaban J connectivity index is 1.39. The molecule has 0 radical (unpaired) electrons. The van der Waals surface area contributed by atoms with Gasteiger partial charge in [0.25, 0.3) is 5.91 Å². The van der Waals surface area contributed by atoms with Gasteiger partial charge in [0.1, 0.15) is 12.4 Å². The van der Waals surface area contributed by atoms with Gasteiger partial charge in [0.15, 0.2) is 0 Å². The maximum absolute atomic E-state index is 13.2. The fourth-order valence-corrected chi connectivity index (χ4v) is 4.52. The first-order valence-corrected chi connectivity index (χ1v) is 11.7. The summed E-state index contributed by atoms with van der Waals surface area (Å²) in [5.41, 5.74) is 2.21. The normalized spacial score (nSPS) is 19.0. The van der Waals surface area contributed by atoms with E-state index in [0.29, 0.717) is 44.6 Å². The summed E-state index contributed by atoms with van der Waals surface area (Å²) in [6.07, 6.45) is 1.92. The number of carbonyl (C=O) groups is 3. The van der Waals surface area contributed by atoms with Crippen LogP contribution in [0.4, 0.5) is 4.39 Å². The van der Waals surface area contributed by atoms with Crippen LogP contribution in [-0.4, -0.2) is 84.9 Å². The van der Waals surface area contributed by atoms with Gasteiger partial charge in [-0.05, 0) is 48.2 Å². The van der Waals surface area contributed by atoms with E-state index in [9.17, 15) is 18.8 Å². The number of carbonyl (C=O) groups excluding carboxylic acids is 3. The number of halogens is 1. The van der Waals surface area contributed by atoms with Gasteiger partial charge in [-0.2, -0.15) is 0 Å². The molecule has 2 aromatic rings. The van der Waals surface area contributed by atoms with Crippen molar-refractivity contribution in [1.29, 1.82) is 0 Å². The molecule has 0 unspecified atom stereocenters. The van der Waals surface area contributed by atoms with Gasteiger partial charge in [0.05, 0.1) is 6.10 Å². The van der Waals surface area contributed by atoms with Crippen molar-refractivity contribution >= 4 is 17.7 Å². The summed E-state index contributed by atoms with van der Waals surface area (Å²) >= 11 is 0. The Kier molecular flexibility index (Phi) is 7.57. The number of benzene rings is 2. The minimum absolute atomic E-state index is 0.0128. The topological polar surface area (TPSA) is 70.2 Å². The molecule has 180 valence electrons. The first kappa shape index (κ1) is 23.9. The first-order valence-electron chi connectivity index (χ1n) is 11.7. The Hall–Kier alpha value is -3.26. The second-order valence-corrected chi connectivity index (χ2v) is 8.81. The maximum atomic E-state index is 13.2. The first-order chi connectivity index (χ1) is 16.4. The highest BCUT2D eigenvalue weighted by Crippen LogP contribution is 2.21. The molecule has 8 heteroatoms. The number of amides is 3. The molecule has 2 aromatic carbocycles. The van der Waals surface area contributed by atoms with E-state index in [1.165, 1.54) is 17.0 Å². The molecule has 0 bridgehead atoms. The fourth-order valence-electron chi connectivity index (χ4n) is 4.52. The number of ether oxygens (including phenoxy) is 1. The molecule has 0 saturated carbocycles. The van der Waals surface area contributed by atoms with Crippen LogP contribution >= 0.6 is 0 Å². The standard InChI is InChI=1S/C26H30FN3O4/c1-34-23-16-29(15-3-14-28-13-2-4-24(28)31)25(32)18-30(17-23)26(33)21-7-5-19(6-8-21)20-9-11-22(27)12-10-20/h5-12,23H,2-4,13-18H2,1H3/t23-/m1/s1. The average Bonchev–Trinajstić information content (AvgIpc) is 3.18. The Morgan fingerprint density at radius 1 is 0.941 bits per heavy atom. The van der Waals surface area contributed by atoms with Crippen LogP contribution in [0.3, 0.4) is 0 Å². The van der Waals surface area contributed by atoms with Crippen LogP contribution in [0.5, 0.6) is 0 Å². The van der Waals surface area contributed by atoms with E-state index in [0.717, 1.165) is 24.1 Å². The van der Waals surface area contributed by atoms with Gasteiger partial charge >= 0.3 is 0 Å². The van der Waals surface area contributed by atoms with E-state index in [2.05, 4.69) is 0 Å². The van der Waals surface area contributed by atoms with E-state index in [1.54, 1.807) is 36.3 Å². The number of nitrogens with zero attached hydrogens (tertiary/aromatic N) is 3. The SMILES string of the molecule is CO[C@@H]1CN(CCCN2CCCC2=O)C(=O)CN(C(=O)c2ccc(-c3ccc(F)cc3)cc2)C1. The molecule has 0 aliphatic carbocycles. The van der Waals surface area contributed by atoms with Gasteiger partial charge in [-0.3, -0.25) is 14.4 Å². The van der Waals surface area contributed by atoms with Gasteiger partial charge in [-0.25, -0.2) is 4.39 Å². The lowest BCUT2D eigenvalue weighted by Crippen LogP contribution is -2.40. The van der Waals surface area contributed by atoms with Crippen molar-refractivity contribution in [3.8, 4) is 11.1 Å². The Morgan fingerprint density at radius 2 is 1.59 bits per heavy atom. The number of methoxy groups -OCH3 is 1. The van der Waals surface area contributed by atoms with E-state index in [1.807, 2.05) is 17.0 Å². The van der Waals surface area contributed by atoms with E-state index >= 15 is 0 Å². The second-order valence-electron chi connectivity index (χ2n) is 8.81. The van der Waals surface area contributed by atoms with Gasteiger partial charge in [0, 0.05) is 51.8 Å². The van der Waals surface area contributed by atoms with Crippen molar-refractivity contribution in [3.63, 3.8) is 0 Å². The highest BCUT2D eigenvalue weighted by atomic mass is 19.1. The van der Waals surface area contributed by atoms with Crippen LogP contribution in [0.15, 0.2) is 48.5 Å². The summed E-state index contributed by atoms with van der Waals surface area (Å²) in [5, 5.41) is 0. The molecular formula is C26H30FN3O4. The molecule has 1 atom stereocenters. The van der Waals surface area contributed by atoms with E-state index in [4.69, 9.17) is 4.74 Å². The lowest BCUT2D eigenvalue weighted by atomic mass is 10.0. The quantitative estimate of drug-likeness (QED) is 0.628. The number of rotatable bonds is 7. The zero-order chi connectivity index (χ0) is 24.1. The zero-order valence-electron chi connectivity index (χ0n) is 19.4. The van der Waals surface area contributed by atoms with Crippen LogP contribution in [-0.2, 0) is 14.3 Å². The molecule has 0 aromatic heterocycles. The molecule has 0 N–H and O–H groups in total. The molecule has 2 aliphatic heterocycles. The zero-order valence-corrected chi connectivity index (χ0v) is 19.4. The van der Waals surface area contributed by atoms with Gasteiger partial charge in [-0.15, -0.1) is 0 Å². The largest absolute Gasteiger partial charge is 0.378 e. The van der Waals surface area contributed by atoms with Crippen molar-refractivity contribution in [2.45, 2.75) is 25.4 Å². The highest BCUT2D eigenvalue weighted by molar-refractivity contribution is 5.97. The molecule has 2 heterocycles. The molecule has 4 rings (SSSR count). The average molecular weight is 468 g/mol. The number of hydrogen-bond acceptors (Lipinski definition) is 4. The van der Waals surface area contributed by atoms with Crippen LogP contribution in [0.25, 0.3) is 11.1 Å². The van der Waals surface area contributed by atoms with Crippen LogP contribution in [0.1, 0.15) is 29.6 Å². The van der Waals surface area contributed by atoms with Crippen LogP contribution in [0.2, 0.25) is 0 Å². The summed E-state index contributed by atoms with van der Waals surface area (Å²) in [6.45, 7) is 2.68. The lowest BCUT2D eigenvalue weighted by Gasteiger charge is -2.24. The second kappa shape index (κ2) is 10.8. The van der Waals surface area contributed by atoms with Gasteiger partial charge < -0.3 is 19.4 Å². The maximum Gasteiger partial charge on any atom is 0.254 e.